The molecule has 2 aromatic heterocycles. The average molecular weight is 479 g/mol. The summed E-state index contributed by atoms with van der Waals surface area (Å²) in [4.78, 5) is 42.8. The van der Waals surface area contributed by atoms with Crippen LogP contribution in [0.4, 0.5) is 5.69 Å². The van der Waals surface area contributed by atoms with E-state index in [1.165, 1.54) is 29.0 Å². The van der Waals surface area contributed by atoms with E-state index >= 15 is 0 Å². The lowest BCUT2D eigenvalue weighted by Gasteiger charge is -2.12. The van der Waals surface area contributed by atoms with E-state index in [2.05, 4.69) is 15.4 Å². The van der Waals surface area contributed by atoms with Gasteiger partial charge < -0.3 is 14.8 Å². The molecule has 0 atom stereocenters. The number of nitrogens with zero attached hydrogens (tertiary/aromatic N) is 3. The van der Waals surface area contributed by atoms with Crippen molar-refractivity contribution in [1.29, 1.82) is 0 Å². The predicted molar refractivity (Wildman–Crippen MR) is 128 cm³/mol. The SMILES string of the molecule is COc1ccccc1C(=O)Nc1ccccc1C(=O)OCc1cc(=O)n2nc(C(C)C)sc2n1. The maximum Gasteiger partial charge on any atom is 0.340 e. The normalized spacial score (nSPS) is 10.9. The maximum absolute atomic E-state index is 12.8. The molecule has 0 aliphatic rings. The van der Waals surface area contributed by atoms with Crippen LogP contribution in [0.1, 0.15) is 51.2 Å². The third kappa shape index (κ3) is 4.81. The summed E-state index contributed by atoms with van der Waals surface area (Å²) in [7, 11) is 1.48. The number of rotatable bonds is 7. The molecule has 9 nitrogen and oxygen atoms in total. The molecule has 0 spiro atoms. The molecular weight excluding hydrogens is 456 g/mol. The van der Waals surface area contributed by atoms with E-state index < -0.39 is 11.9 Å². The molecule has 2 aromatic carbocycles. The zero-order valence-corrected chi connectivity index (χ0v) is 19.6. The fourth-order valence-electron chi connectivity index (χ4n) is 3.19. The molecule has 1 N–H and O–H groups in total. The standard InChI is InChI=1S/C24H22N4O5S/c1-14(2)22-27-28-20(29)12-15(25-24(28)34-22)13-33-23(31)16-8-4-6-10-18(16)26-21(30)17-9-5-7-11-19(17)32-3/h4-12,14H,13H2,1-3H3,(H,26,30). The summed E-state index contributed by atoms with van der Waals surface area (Å²) in [5, 5.41) is 7.80. The Kier molecular flexibility index (Phi) is 6.69. The number of carbonyl (C=O) groups excluding carboxylic acids is 2. The van der Waals surface area contributed by atoms with Gasteiger partial charge in [-0.25, -0.2) is 9.78 Å². The van der Waals surface area contributed by atoms with E-state index in [4.69, 9.17) is 9.47 Å². The summed E-state index contributed by atoms with van der Waals surface area (Å²) in [6.07, 6.45) is 0. The number of anilines is 1. The van der Waals surface area contributed by atoms with Gasteiger partial charge in [-0.15, -0.1) is 0 Å². The molecule has 174 valence electrons. The van der Waals surface area contributed by atoms with Gasteiger partial charge in [0, 0.05) is 12.0 Å². The minimum Gasteiger partial charge on any atom is -0.496 e. The number of fused-ring (bicyclic) bond motifs is 1. The molecule has 1 amide bonds. The minimum absolute atomic E-state index is 0.162. The van der Waals surface area contributed by atoms with Gasteiger partial charge in [0.15, 0.2) is 0 Å². The van der Waals surface area contributed by atoms with E-state index in [9.17, 15) is 14.4 Å². The Morgan fingerprint density at radius 2 is 1.79 bits per heavy atom. The van der Waals surface area contributed by atoms with E-state index in [0.717, 1.165) is 5.01 Å². The Balaban J connectivity index is 1.51. The van der Waals surface area contributed by atoms with Crippen molar-refractivity contribution in [2.75, 3.05) is 12.4 Å². The van der Waals surface area contributed by atoms with Crippen molar-refractivity contribution in [1.82, 2.24) is 14.6 Å². The number of benzene rings is 2. The molecular formula is C24H22N4O5S. The van der Waals surface area contributed by atoms with Gasteiger partial charge in [0.05, 0.1) is 29.6 Å². The molecule has 4 rings (SSSR count). The van der Waals surface area contributed by atoms with Crippen LogP contribution < -0.4 is 15.6 Å². The van der Waals surface area contributed by atoms with E-state index in [1.807, 2.05) is 13.8 Å². The number of carbonyl (C=O) groups is 2. The molecule has 0 saturated heterocycles. The Morgan fingerprint density at radius 1 is 1.09 bits per heavy atom. The summed E-state index contributed by atoms with van der Waals surface area (Å²) in [5.74, 6) is -0.513. The van der Waals surface area contributed by atoms with Crippen LogP contribution in [0.15, 0.2) is 59.4 Å². The molecule has 0 fully saturated rings. The topological polar surface area (TPSA) is 112 Å². The molecule has 34 heavy (non-hydrogen) atoms. The lowest BCUT2D eigenvalue weighted by atomic mass is 10.1. The van der Waals surface area contributed by atoms with Crippen molar-refractivity contribution in [3.05, 3.63) is 86.8 Å². The van der Waals surface area contributed by atoms with Gasteiger partial charge in [-0.2, -0.15) is 9.61 Å². The van der Waals surface area contributed by atoms with Crippen LogP contribution in [0, 0.1) is 0 Å². The molecule has 0 aliphatic heterocycles. The van der Waals surface area contributed by atoms with Gasteiger partial charge in [-0.3, -0.25) is 9.59 Å². The highest BCUT2D eigenvalue weighted by Crippen LogP contribution is 2.23. The minimum atomic E-state index is -0.662. The summed E-state index contributed by atoms with van der Waals surface area (Å²) in [6.45, 7) is 3.76. The number of hydrogen-bond donors (Lipinski definition) is 1. The van der Waals surface area contributed by atoms with Crippen molar-refractivity contribution in [3.8, 4) is 5.75 Å². The highest BCUT2D eigenvalue weighted by atomic mass is 32.1. The van der Waals surface area contributed by atoms with E-state index in [0.29, 0.717) is 22.0 Å². The fourth-order valence-corrected chi connectivity index (χ4v) is 4.11. The smallest absolute Gasteiger partial charge is 0.340 e. The van der Waals surface area contributed by atoms with Crippen LogP contribution in [0.5, 0.6) is 5.75 Å². The van der Waals surface area contributed by atoms with E-state index in [-0.39, 0.29) is 29.3 Å². The van der Waals surface area contributed by atoms with Crippen LogP contribution in [0.25, 0.3) is 4.96 Å². The van der Waals surface area contributed by atoms with Crippen LogP contribution in [0.2, 0.25) is 0 Å². The number of para-hydroxylation sites is 2. The molecule has 4 aromatic rings. The zero-order chi connectivity index (χ0) is 24.2. The molecule has 0 aliphatic carbocycles. The Bertz CT molecular complexity index is 1430. The molecule has 0 bridgehead atoms. The third-order valence-corrected chi connectivity index (χ3v) is 6.11. The highest BCUT2D eigenvalue weighted by molar-refractivity contribution is 7.16. The molecule has 10 heteroatoms. The number of methoxy groups -OCH3 is 1. The number of ether oxygens (including phenoxy) is 2. The Hall–Kier alpha value is -4.05. The first-order chi connectivity index (χ1) is 16.4. The van der Waals surface area contributed by atoms with Gasteiger partial charge in [-0.05, 0) is 24.3 Å². The van der Waals surface area contributed by atoms with Crippen molar-refractivity contribution < 1.29 is 19.1 Å². The van der Waals surface area contributed by atoms with Crippen LogP contribution >= 0.6 is 11.3 Å². The number of hydrogen-bond acceptors (Lipinski definition) is 8. The van der Waals surface area contributed by atoms with Gasteiger partial charge >= 0.3 is 5.97 Å². The van der Waals surface area contributed by atoms with Crippen molar-refractivity contribution in [3.63, 3.8) is 0 Å². The second-order valence-corrected chi connectivity index (χ2v) is 8.64. The Labute approximate surface area is 199 Å². The lowest BCUT2D eigenvalue weighted by Crippen LogP contribution is -2.18. The summed E-state index contributed by atoms with van der Waals surface area (Å²) in [6, 6.07) is 14.6. The molecule has 0 radical (unpaired) electrons. The summed E-state index contributed by atoms with van der Waals surface area (Å²) in [5.41, 5.74) is 0.757. The third-order valence-electron chi connectivity index (χ3n) is 4.91. The summed E-state index contributed by atoms with van der Waals surface area (Å²) < 4.78 is 11.9. The lowest BCUT2D eigenvalue weighted by molar-refractivity contribution is 0.0469. The fraction of sp³-hybridized carbons (Fsp3) is 0.208. The van der Waals surface area contributed by atoms with Crippen molar-refractivity contribution >= 4 is 33.9 Å². The average Bonchev–Trinajstić information content (AvgIpc) is 3.28. The number of esters is 1. The highest BCUT2D eigenvalue weighted by Gasteiger charge is 2.18. The number of aromatic nitrogens is 3. The van der Waals surface area contributed by atoms with Gasteiger partial charge in [0.2, 0.25) is 4.96 Å². The van der Waals surface area contributed by atoms with Crippen LogP contribution in [0.3, 0.4) is 0 Å². The largest absolute Gasteiger partial charge is 0.496 e. The van der Waals surface area contributed by atoms with Crippen molar-refractivity contribution in [2.24, 2.45) is 0 Å². The molecule has 2 heterocycles. The number of amides is 1. The predicted octanol–water partition coefficient (Wildman–Crippen LogP) is 3.89. The quantitative estimate of drug-likeness (QED) is 0.401. The molecule has 0 unspecified atom stereocenters. The maximum atomic E-state index is 12.8. The van der Waals surface area contributed by atoms with E-state index in [1.54, 1.807) is 48.5 Å². The van der Waals surface area contributed by atoms with Gasteiger partial charge in [0.25, 0.3) is 11.5 Å². The second-order valence-electron chi connectivity index (χ2n) is 7.65. The van der Waals surface area contributed by atoms with Crippen LogP contribution in [-0.2, 0) is 11.3 Å². The second kappa shape index (κ2) is 9.84. The first kappa shape index (κ1) is 23.1. The molecule has 0 saturated carbocycles. The van der Waals surface area contributed by atoms with Crippen molar-refractivity contribution in [2.45, 2.75) is 26.4 Å². The van der Waals surface area contributed by atoms with Crippen LogP contribution in [-0.4, -0.2) is 33.6 Å². The zero-order valence-electron chi connectivity index (χ0n) is 18.8. The van der Waals surface area contributed by atoms with Gasteiger partial charge in [-0.1, -0.05) is 49.4 Å². The first-order valence-electron chi connectivity index (χ1n) is 10.5. The Morgan fingerprint density at radius 3 is 2.53 bits per heavy atom. The van der Waals surface area contributed by atoms with Gasteiger partial charge in [0.1, 0.15) is 17.4 Å². The monoisotopic (exact) mass is 478 g/mol. The number of nitrogens with one attached hydrogen (secondary N) is 1. The first-order valence-corrected chi connectivity index (χ1v) is 11.3. The summed E-state index contributed by atoms with van der Waals surface area (Å²) >= 11 is 1.32.